The fourth-order valence-corrected chi connectivity index (χ4v) is 13.4. The standard InChI is InChI=1S/C59H36N2S2/c1-2-15-37(16-3-1)60(39-29-31-42-41-18-5-10-25-51(41)61(53(42)36-39)38-30-34-55-46(35-38)43-19-6-11-26-54(43)62-55)52-33-32-44-40-17-4-7-21-47(40)59(50-24-14-20-45(52)58(44)50)48-22-8-12-27-56(48)63-57-28-13-9-23-49(57)59/h1-36H. The number of thiophene rings is 1. The average molecular weight is 837 g/mol. The summed E-state index contributed by atoms with van der Waals surface area (Å²) in [6.45, 7) is 0. The Kier molecular flexibility index (Phi) is 7.45. The first-order valence-corrected chi connectivity index (χ1v) is 23.2. The molecule has 2 aromatic heterocycles. The predicted octanol–water partition coefficient (Wildman–Crippen LogP) is 16.6. The molecule has 14 rings (SSSR count). The van der Waals surface area contributed by atoms with E-state index in [1.165, 1.54) is 95.9 Å². The summed E-state index contributed by atoms with van der Waals surface area (Å²) in [7, 11) is 0. The molecular formula is C59H36N2S2. The van der Waals surface area contributed by atoms with Gasteiger partial charge in [-0.3, -0.25) is 0 Å². The highest BCUT2D eigenvalue weighted by atomic mass is 32.2. The third-order valence-corrected chi connectivity index (χ3v) is 15.9. The van der Waals surface area contributed by atoms with Gasteiger partial charge in [0.2, 0.25) is 0 Å². The van der Waals surface area contributed by atoms with Crippen LogP contribution in [0.2, 0.25) is 0 Å². The number of fused-ring (bicyclic) bond motifs is 14. The van der Waals surface area contributed by atoms with E-state index in [1.807, 2.05) is 23.1 Å². The molecule has 1 spiro atoms. The van der Waals surface area contributed by atoms with Gasteiger partial charge in [-0.1, -0.05) is 157 Å². The van der Waals surface area contributed by atoms with E-state index in [-0.39, 0.29) is 0 Å². The molecule has 12 aromatic rings. The summed E-state index contributed by atoms with van der Waals surface area (Å²) < 4.78 is 5.10. The quantitative estimate of drug-likeness (QED) is 0.174. The lowest BCUT2D eigenvalue weighted by Crippen LogP contribution is -2.36. The van der Waals surface area contributed by atoms with Gasteiger partial charge in [-0.25, -0.2) is 0 Å². The van der Waals surface area contributed by atoms with Crippen molar-refractivity contribution < 1.29 is 0 Å². The summed E-state index contributed by atoms with van der Waals surface area (Å²) in [4.78, 5) is 5.10. The maximum Gasteiger partial charge on any atom is 0.0735 e. The van der Waals surface area contributed by atoms with Crippen molar-refractivity contribution in [1.29, 1.82) is 0 Å². The molecule has 2 nitrogen and oxygen atoms in total. The van der Waals surface area contributed by atoms with Crippen LogP contribution in [-0.4, -0.2) is 4.57 Å². The van der Waals surface area contributed by atoms with Gasteiger partial charge in [-0.15, -0.1) is 11.3 Å². The van der Waals surface area contributed by atoms with Crippen molar-refractivity contribution in [1.82, 2.24) is 4.57 Å². The lowest BCUT2D eigenvalue weighted by Gasteiger charge is -2.46. The van der Waals surface area contributed by atoms with Gasteiger partial charge in [0.05, 0.1) is 22.1 Å². The van der Waals surface area contributed by atoms with E-state index in [4.69, 9.17) is 0 Å². The van der Waals surface area contributed by atoms with Crippen molar-refractivity contribution in [2.24, 2.45) is 0 Å². The van der Waals surface area contributed by atoms with E-state index in [9.17, 15) is 0 Å². The Labute approximate surface area is 372 Å². The second-order valence-electron chi connectivity index (χ2n) is 16.8. The molecule has 0 amide bonds. The highest BCUT2D eigenvalue weighted by Crippen LogP contribution is 2.62. The molecule has 0 saturated carbocycles. The zero-order chi connectivity index (χ0) is 41.2. The van der Waals surface area contributed by atoms with E-state index in [2.05, 4.69) is 228 Å². The summed E-state index contributed by atoms with van der Waals surface area (Å²) in [6, 6.07) is 81.7. The van der Waals surface area contributed by atoms with Gasteiger partial charge in [-0.05, 0) is 112 Å². The normalized spacial score (nSPS) is 13.5. The molecule has 0 bridgehead atoms. The van der Waals surface area contributed by atoms with Gasteiger partial charge in [0.25, 0.3) is 0 Å². The maximum absolute atomic E-state index is 2.48. The topological polar surface area (TPSA) is 8.17 Å². The molecule has 1 aliphatic heterocycles. The molecule has 0 atom stereocenters. The summed E-state index contributed by atoms with van der Waals surface area (Å²) in [6.07, 6.45) is 0. The van der Waals surface area contributed by atoms with Gasteiger partial charge >= 0.3 is 0 Å². The van der Waals surface area contributed by atoms with Crippen molar-refractivity contribution in [2.45, 2.75) is 15.2 Å². The van der Waals surface area contributed by atoms with Crippen LogP contribution in [-0.2, 0) is 5.41 Å². The molecule has 3 heterocycles. The Hall–Kier alpha value is -7.37. The number of benzene rings is 10. The zero-order valence-corrected chi connectivity index (χ0v) is 35.6. The summed E-state index contributed by atoms with van der Waals surface area (Å²) in [5.74, 6) is 0. The van der Waals surface area contributed by atoms with Gasteiger partial charge in [0, 0.05) is 63.2 Å². The Morgan fingerprint density at radius 3 is 1.87 bits per heavy atom. The molecule has 0 saturated heterocycles. The number of para-hydroxylation sites is 2. The first kappa shape index (κ1) is 35.2. The Morgan fingerprint density at radius 1 is 0.381 bits per heavy atom. The van der Waals surface area contributed by atoms with E-state index >= 15 is 0 Å². The Bertz CT molecular complexity index is 3810. The molecule has 0 unspecified atom stereocenters. The summed E-state index contributed by atoms with van der Waals surface area (Å²) in [5, 5.41) is 7.62. The summed E-state index contributed by atoms with van der Waals surface area (Å²) >= 11 is 3.76. The van der Waals surface area contributed by atoms with Crippen LogP contribution in [0.3, 0.4) is 0 Å². The van der Waals surface area contributed by atoms with E-state index in [0.717, 1.165) is 22.7 Å². The molecule has 63 heavy (non-hydrogen) atoms. The molecule has 2 aliphatic rings. The largest absolute Gasteiger partial charge is 0.310 e. The molecule has 4 heteroatoms. The van der Waals surface area contributed by atoms with Crippen LogP contribution in [0, 0.1) is 0 Å². The molecule has 0 N–H and O–H groups in total. The molecule has 0 fully saturated rings. The van der Waals surface area contributed by atoms with Crippen molar-refractivity contribution in [3.05, 3.63) is 241 Å². The van der Waals surface area contributed by atoms with Gasteiger partial charge in [0.1, 0.15) is 0 Å². The van der Waals surface area contributed by atoms with Crippen molar-refractivity contribution in [3.63, 3.8) is 0 Å². The molecule has 294 valence electrons. The van der Waals surface area contributed by atoms with Crippen molar-refractivity contribution in [3.8, 4) is 16.8 Å². The smallest absolute Gasteiger partial charge is 0.0735 e. The van der Waals surface area contributed by atoms with Gasteiger partial charge in [0.15, 0.2) is 0 Å². The Balaban J connectivity index is 1.05. The van der Waals surface area contributed by atoms with Crippen LogP contribution in [0.4, 0.5) is 17.1 Å². The monoisotopic (exact) mass is 836 g/mol. The minimum absolute atomic E-state index is 0.494. The summed E-state index contributed by atoms with van der Waals surface area (Å²) in [5.41, 5.74) is 14.3. The first-order valence-electron chi connectivity index (χ1n) is 21.6. The zero-order valence-electron chi connectivity index (χ0n) is 34.0. The van der Waals surface area contributed by atoms with E-state index in [0.29, 0.717) is 0 Å². The van der Waals surface area contributed by atoms with Crippen LogP contribution in [0.15, 0.2) is 228 Å². The fraction of sp³-hybridized carbons (Fsp3) is 0.0169. The lowest BCUT2D eigenvalue weighted by atomic mass is 9.59. The minimum atomic E-state index is -0.494. The van der Waals surface area contributed by atoms with Crippen molar-refractivity contribution >= 4 is 92.9 Å². The van der Waals surface area contributed by atoms with Crippen LogP contribution in [0.25, 0.3) is 69.6 Å². The molecule has 10 aromatic carbocycles. The molecule has 1 aliphatic carbocycles. The van der Waals surface area contributed by atoms with E-state index < -0.39 is 5.41 Å². The van der Waals surface area contributed by atoms with Crippen LogP contribution in [0.1, 0.15) is 22.3 Å². The SMILES string of the molecule is c1ccc(N(c2ccc3c4ccccc4n(-c4ccc5sc6ccccc6c5c4)c3c2)c2ccc3c4c(cccc24)C2(c4ccccc4Sc4ccccc42)c2ccccc2-3)cc1. The number of hydrogen-bond donors (Lipinski definition) is 0. The van der Waals surface area contributed by atoms with Crippen LogP contribution < -0.4 is 4.90 Å². The molecule has 0 radical (unpaired) electrons. The van der Waals surface area contributed by atoms with Crippen LogP contribution >= 0.6 is 23.1 Å². The highest BCUT2D eigenvalue weighted by Gasteiger charge is 2.48. The van der Waals surface area contributed by atoms with Gasteiger partial charge in [-0.2, -0.15) is 0 Å². The number of hydrogen-bond acceptors (Lipinski definition) is 3. The van der Waals surface area contributed by atoms with Crippen molar-refractivity contribution in [2.75, 3.05) is 4.90 Å². The maximum atomic E-state index is 2.48. The second-order valence-corrected chi connectivity index (χ2v) is 18.9. The third kappa shape index (κ3) is 4.85. The minimum Gasteiger partial charge on any atom is -0.310 e. The first-order chi connectivity index (χ1) is 31.3. The molecular weight excluding hydrogens is 801 g/mol. The average Bonchev–Trinajstić information content (AvgIpc) is 3.88. The lowest BCUT2D eigenvalue weighted by molar-refractivity contribution is 0.707. The number of aromatic nitrogens is 1. The van der Waals surface area contributed by atoms with Crippen LogP contribution in [0.5, 0.6) is 0 Å². The van der Waals surface area contributed by atoms with Gasteiger partial charge < -0.3 is 9.47 Å². The number of anilines is 3. The fourth-order valence-electron chi connectivity index (χ4n) is 11.1. The predicted molar refractivity (Wildman–Crippen MR) is 267 cm³/mol. The van der Waals surface area contributed by atoms with E-state index in [1.54, 1.807) is 0 Å². The number of nitrogens with zero attached hydrogens (tertiary/aromatic N) is 2. The second kappa shape index (κ2) is 13.3. The number of rotatable bonds is 4. The third-order valence-electron chi connectivity index (χ3n) is 13.6. The highest BCUT2D eigenvalue weighted by molar-refractivity contribution is 7.99. The Morgan fingerprint density at radius 2 is 1.03 bits per heavy atom.